The van der Waals surface area contributed by atoms with Gasteiger partial charge in [0.25, 0.3) is 0 Å². The van der Waals surface area contributed by atoms with Gasteiger partial charge in [-0.1, -0.05) is 13.3 Å². The SMILES string of the molecule is CCCC1(C)COCO1. The van der Waals surface area contributed by atoms with Crippen molar-refractivity contribution in [1.29, 1.82) is 0 Å². The highest BCUT2D eigenvalue weighted by molar-refractivity contribution is 4.75. The highest BCUT2D eigenvalue weighted by Crippen LogP contribution is 2.22. The topological polar surface area (TPSA) is 18.5 Å². The van der Waals surface area contributed by atoms with E-state index in [0.29, 0.717) is 6.79 Å². The molecule has 1 aliphatic heterocycles. The highest BCUT2D eigenvalue weighted by atomic mass is 16.7. The summed E-state index contributed by atoms with van der Waals surface area (Å²) < 4.78 is 10.4. The third-order valence-corrected chi connectivity index (χ3v) is 1.68. The largest absolute Gasteiger partial charge is 0.352 e. The van der Waals surface area contributed by atoms with Crippen molar-refractivity contribution in [3.05, 3.63) is 0 Å². The summed E-state index contributed by atoms with van der Waals surface area (Å²) in [6.45, 7) is 5.51. The molecule has 0 spiro atoms. The smallest absolute Gasteiger partial charge is 0.147 e. The van der Waals surface area contributed by atoms with Gasteiger partial charge in [0.05, 0.1) is 12.2 Å². The number of hydrogen-bond acceptors (Lipinski definition) is 2. The van der Waals surface area contributed by atoms with Crippen molar-refractivity contribution < 1.29 is 9.47 Å². The van der Waals surface area contributed by atoms with E-state index in [4.69, 9.17) is 9.47 Å². The molecule has 0 saturated carbocycles. The maximum Gasteiger partial charge on any atom is 0.147 e. The van der Waals surface area contributed by atoms with Gasteiger partial charge in [0.1, 0.15) is 6.79 Å². The lowest BCUT2D eigenvalue weighted by Gasteiger charge is -2.18. The molecule has 1 fully saturated rings. The van der Waals surface area contributed by atoms with E-state index in [2.05, 4.69) is 13.8 Å². The fourth-order valence-electron chi connectivity index (χ4n) is 1.16. The van der Waals surface area contributed by atoms with Crippen LogP contribution in [0.25, 0.3) is 0 Å². The summed E-state index contributed by atoms with van der Waals surface area (Å²) in [6, 6.07) is 0. The first-order valence-corrected chi connectivity index (χ1v) is 3.48. The molecule has 0 N–H and O–H groups in total. The van der Waals surface area contributed by atoms with Gasteiger partial charge in [-0.15, -0.1) is 0 Å². The lowest BCUT2D eigenvalue weighted by Crippen LogP contribution is -2.26. The fraction of sp³-hybridized carbons (Fsp3) is 1.00. The van der Waals surface area contributed by atoms with Crippen molar-refractivity contribution in [2.24, 2.45) is 0 Å². The van der Waals surface area contributed by atoms with Crippen molar-refractivity contribution in [3.8, 4) is 0 Å². The molecule has 1 atom stereocenters. The van der Waals surface area contributed by atoms with Crippen LogP contribution in [0, 0.1) is 0 Å². The zero-order chi connectivity index (χ0) is 6.74. The second-order valence-corrected chi connectivity index (χ2v) is 2.81. The minimum Gasteiger partial charge on any atom is -0.352 e. The van der Waals surface area contributed by atoms with Crippen molar-refractivity contribution in [3.63, 3.8) is 0 Å². The molecule has 0 amide bonds. The van der Waals surface area contributed by atoms with E-state index in [-0.39, 0.29) is 5.60 Å². The van der Waals surface area contributed by atoms with Gasteiger partial charge in [-0.2, -0.15) is 0 Å². The molecule has 1 aliphatic rings. The Bertz CT molecular complexity index is 84.9. The third-order valence-electron chi connectivity index (χ3n) is 1.68. The number of ether oxygens (including phenoxy) is 2. The normalized spacial score (nSPS) is 35.3. The molecule has 9 heavy (non-hydrogen) atoms. The average molecular weight is 130 g/mol. The molecule has 0 aromatic carbocycles. The van der Waals surface area contributed by atoms with Crippen LogP contribution in [0.4, 0.5) is 0 Å². The Hall–Kier alpha value is -0.0800. The minimum absolute atomic E-state index is 0.0226. The minimum atomic E-state index is 0.0226. The van der Waals surface area contributed by atoms with E-state index in [9.17, 15) is 0 Å². The number of hydrogen-bond donors (Lipinski definition) is 0. The monoisotopic (exact) mass is 130 g/mol. The van der Waals surface area contributed by atoms with Crippen molar-refractivity contribution in [2.75, 3.05) is 13.4 Å². The molecule has 0 aromatic heterocycles. The molecular weight excluding hydrogens is 116 g/mol. The molecule has 0 aliphatic carbocycles. The van der Waals surface area contributed by atoms with Gasteiger partial charge in [0.2, 0.25) is 0 Å². The molecule has 0 radical (unpaired) electrons. The molecule has 0 aromatic rings. The zero-order valence-corrected chi connectivity index (χ0v) is 6.14. The van der Waals surface area contributed by atoms with E-state index in [1.54, 1.807) is 0 Å². The summed E-state index contributed by atoms with van der Waals surface area (Å²) in [5.74, 6) is 0. The van der Waals surface area contributed by atoms with E-state index in [1.165, 1.54) is 6.42 Å². The van der Waals surface area contributed by atoms with Crippen LogP contribution in [0.2, 0.25) is 0 Å². The number of rotatable bonds is 2. The summed E-state index contributed by atoms with van der Waals surface area (Å²) >= 11 is 0. The summed E-state index contributed by atoms with van der Waals surface area (Å²) in [6.07, 6.45) is 2.27. The van der Waals surface area contributed by atoms with Gasteiger partial charge < -0.3 is 9.47 Å². The molecule has 1 rings (SSSR count). The van der Waals surface area contributed by atoms with Crippen LogP contribution in [0.1, 0.15) is 26.7 Å². The predicted octanol–water partition coefficient (Wildman–Crippen LogP) is 1.55. The van der Waals surface area contributed by atoms with Gasteiger partial charge in [-0.05, 0) is 13.3 Å². The Morgan fingerprint density at radius 2 is 2.33 bits per heavy atom. The first kappa shape index (κ1) is 7.03. The maximum absolute atomic E-state index is 5.36. The Morgan fingerprint density at radius 1 is 1.56 bits per heavy atom. The first-order valence-electron chi connectivity index (χ1n) is 3.48. The lowest BCUT2D eigenvalue weighted by atomic mass is 10.0. The van der Waals surface area contributed by atoms with E-state index < -0.39 is 0 Å². The molecule has 1 unspecified atom stereocenters. The predicted molar refractivity (Wildman–Crippen MR) is 35.2 cm³/mol. The van der Waals surface area contributed by atoms with Crippen LogP contribution in [0.15, 0.2) is 0 Å². The summed E-state index contributed by atoms with van der Waals surface area (Å²) in [5, 5.41) is 0. The van der Waals surface area contributed by atoms with E-state index in [1.807, 2.05) is 0 Å². The first-order chi connectivity index (χ1) is 4.27. The molecule has 1 heterocycles. The maximum atomic E-state index is 5.36. The molecule has 54 valence electrons. The Labute approximate surface area is 56.2 Å². The summed E-state index contributed by atoms with van der Waals surface area (Å²) in [4.78, 5) is 0. The van der Waals surface area contributed by atoms with Crippen LogP contribution in [0.5, 0.6) is 0 Å². The van der Waals surface area contributed by atoms with Crippen LogP contribution in [0.3, 0.4) is 0 Å². The lowest BCUT2D eigenvalue weighted by molar-refractivity contribution is -0.00258. The standard InChI is InChI=1S/C7H14O2/c1-3-4-7(2)5-8-6-9-7/h3-6H2,1-2H3. The molecule has 2 nitrogen and oxygen atoms in total. The van der Waals surface area contributed by atoms with Gasteiger partial charge in [-0.3, -0.25) is 0 Å². The van der Waals surface area contributed by atoms with Crippen molar-refractivity contribution in [2.45, 2.75) is 32.3 Å². The third kappa shape index (κ3) is 1.66. The molecule has 1 saturated heterocycles. The van der Waals surface area contributed by atoms with Crippen molar-refractivity contribution in [1.82, 2.24) is 0 Å². The Morgan fingerprint density at radius 3 is 2.78 bits per heavy atom. The second-order valence-electron chi connectivity index (χ2n) is 2.81. The summed E-state index contributed by atoms with van der Waals surface area (Å²) in [7, 11) is 0. The van der Waals surface area contributed by atoms with E-state index >= 15 is 0 Å². The van der Waals surface area contributed by atoms with Crippen LogP contribution >= 0.6 is 0 Å². The van der Waals surface area contributed by atoms with Crippen LogP contribution in [-0.4, -0.2) is 19.0 Å². The quantitative estimate of drug-likeness (QED) is 0.564. The van der Waals surface area contributed by atoms with Crippen molar-refractivity contribution >= 4 is 0 Å². The average Bonchev–Trinajstić information content (AvgIpc) is 2.16. The van der Waals surface area contributed by atoms with Gasteiger partial charge in [0.15, 0.2) is 0 Å². The zero-order valence-electron chi connectivity index (χ0n) is 6.14. The Kier molecular flexibility index (Phi) is 2.09. The Balaban J connectivity index is 2.32. The van der Waals surface area contributed by atoms with E-state index in [0.717, 1.165) is 13.0 Å². The van der Waals surface area contributed by atoms with Crippen LogP contribution in [-0.2, 0) is 9.47 Å². The highest BCUT2D eigenvalue weighted by Gasteiger charge is 2.29. The summed E-state index contributed by atoms with van der Waals surface area (Å²) in [5.41, 5.74) is 0.0226. The van der Waals surface area contributed by atoms with Crippen LogP contribution < -0.4 is 0 Å². The molecular formula is C7H14O2. The molecule has 0 bridgehead atoms. The second kappa shape index (κ2) is 2.67. The molecule has 2 heteroatoms. The fourth-order valence-corrected chi connectivity index (χ4v) is 1.16. The van der Waals surface area contributed by atoms with Gasteiger partial charge in [0, 0.05) is 0 Å². The van der Waals surface area contributed by atoms with Gasteiger partial charge in [-0.25, -0.2) is 0 Å². The van der Waals surface area contributed by atoms with Gasteiger partial charge >= 0.3 is 0 Å².